The minimum atomic E-state index is -0.818. The summed E-state index contributed by atoms with van der Waals surface area (Å²) in [6.45, 7) is 1.86. The van der Waals surface area contributed by atoms with Gasteiger partial charge in [0.2, 0.25) is 0 Å². The van der Waals surface area contributed by atoms with Crippen LogP contribution in [0.2, 0.25) is 0 Å². The summed E-state index contributed by atoms with van der Waals surface area (Å²) in [6.07, 6.45) is 6.93. The van der Waals surface area contributed by atoms with Crippen LogP contribution >= 0.6 is 0 Å². The maximum atomic E-state index is 10.4. The molecule has 0 aromatic rings. The summed E-state index contributed by atoms with van der Waals surface area (Å²) in [7, 11) is 0. The van der Waals surface area contributed by atoms with Crippen LogP contribution in [0.25, 0.3) is 0 Å². The third kappa shape index (κ3) is 8.24. The van der Waals surface area contributed by atoms with Crippen molar-refractivity contribution in [3.8, 4) is 0 Å². The minimum Gasteiger partial charge on any atom is -0.481 e. The number of carbonyl (C=O) groups is 1. The van der Waals surface area contributed by atoms with Crippen LogP contribution in [0.15, 0.2) is 12.2 Å². The van der Waals surface area contributed by atoms with Crippen LogP contribution in [0, 0.1) is 0 Å². The van der Waals surface area contributed by atoms with Crippen LogP contribution in [0.1, 0.15) is 64.7 Å². The zero-order valence-electron chi connectivity index (χ0n) is 14.5. The van der Waals surface area contributed by atoms with E-state index >= 15 is 0 Å². The van der Waals surface area contributed by atoms with Crippen LogP contribution in [-0.2, 0) is 9.53 Å². The van der Waals surface area contributed by atoms with E-state index in [0.717, 1.165) is 32.1 Å². The van der Waals surface area contributed by atoms with E-state index in [1.807, 2.05) is 6.92 Å². The minimum absolute atomic E-state index is 0.226. The number of hydrogen-bond donors (Lipinski definition) is 4. The van der Waals surface area contributed by atoms with Crippen molar-refractivity contribution in [1.29, 1.82) is 0 Å². The highest BCUT2D eigenvalue weighted by Gasteiger charge is 2.36. The van der Waals surface area contributed by atoms with Gasteiger partial charge in [0, 0.05) is 12.8 Å². The highest BCUT2D eigenvalue weighted by Crippen LogP contribution is 2.27. The van der Waals surface area contributed by atoms with Gasteiger partial charge in [0.05, 0.1) is 30.5 Å². The Kier molecular flexibility index (Phi) is 10.2. The first-order valence-electron chi connectivity index (χ1n) is 9.03. The molecule has 0 bridgehead atoms. The number of ether oxygens (including phenoxy) is 1. The zero-order chi connectivity index (χ0) is 17.9. The Morgan fingerprint density at radius 2 is 1.83 bits per heavy atom. The second kappa shape index (κ2) is 11.6. The first-order valence-corrected chi connectivity index (χ1v) is 9.03. The van der Waals surface area contributed by atoms with Gasteiger partial charge in [-0.15, -0.1) is 0 Å². The molecule has 5 atom stereocenters. The molecule has 1 fully saturated rings. The second-order valence-electron chi connectivity index (χ2n) is 6.57. The number of aliphatic carboxylic acids is 1. The Labute approximate surface area is 144 Å². The summed E-state index contributed by atoms with van der Waals surface area (Å²) < 4.78 is 5.75. The Balaban J connectivity index is 2.19. The van der Waals surface area contributed by atoms with Crippen molar-refractivity contribution in [2.45, 2.75) is 95.2 Å². The molecule has 1 rings (SSSR count). The van der Waals surface area contributed by atoms with Gasteiger partial charge < -0.3 is 25.2 Å². The molecule has 0 radical (unpaired) electrons. The fraction of sp³-hybridized carbons (Fsp3) is 0.833. The molecule has 0 spiro atoms. The van der Waals surface area contributed by atoms with Crippen molar-refractivity contribution in [1.82, 2.24) is 0 Å². The lowest BCUT2D eigenvalue weighted by molar-refractivity contribution is -0.137. The maximum absolute atomic E-state index is 10.4. The molecule has 0 aliphatic carbocycles. The molecule has 24 heavy (non-hydrogen) atoms. The first kappa shape index (κ1) is 21.1. The van der Waals surface area contributed by atoms with E-state index in [-0.39, 0.29) is 12.5 Å². The number of unbranched alkanes of at least 4 members (excludes halogenated alkanes) is 4. The molecule has 0 amide bonds. The lowest BCUT2D eigenvalue weighted by Crippen LogP contribution is -2.25. The SMILES string of the molecule is CC[C@H](O)/C=C/[C@H](O)[C@H]1C[C@@H](O)[C@@H](CCCCCCCC(=O)O)O1. The smallest absolute Gasteiger partial charge is 0.303 e. The lowest BCUT2D eigenvalue weighted by atomic mass is 10.0. The molecule has 0 unspecified atom stereocenters. The van der Waals surface area contributed by atoms with Gasteiger partial charge in [-0.25, -0.2) is 0 Å². The highest BCUT2D eigenvalue weighted by molar-refractivity contribution is 5.66. The van der Waals surface area contributed by atoms with E-state index in [2.05, 4.69) is 0 Å². The summed E-state index contributed by atoms with van der Waals surface area (Å²) >= 11 is 0. The monoisotopic (exact) mass is 344 g/mol. The van der Waals surface area contributed by atoms with Gasteiger partial charge in [-0.3, -0.25) is 4.79 Å². The molecule has 0 aromatic heterocycles. The molecular formula is C18H32O6. The van der Waals surface area contributed by atoms with Gasteiger partial charge in [-0.05, 0) is 19.3 Å². The van der Waals surface area contributed by atoms with Crippen molar-refractivity contribution >= 4 is 5.97 Å². The van der Waals surface area contributed by atoms with Crippen LogP contribution in [0.3, 0.4) is 0 Å². The Hall–Kier alpha value is -0.950. The number of rotatable bonds is 12. The highest BCUT2D eigenvalue weighted by atomic mass is 16.5. The van der Waals surface area contributed by atoms with Crippen molar-refractivity contribution < 1.29 is 30.0 Å². The standard InChI is InChI=1S/C18H32O6/c1-2-13(19)10-11-14(20)17-12-15(21)16(24-17)8-6-4-3-5-7-9-18(22)23/h10-11,13-17,19-21H,2-9,12H2,1H3,(H,22,23)/b11-10+/t13-,14-,15+,16+,17+/m0/s1. The summed E-state index contributed by atoms with van der Waals surface area (Å²) in [4.78, 5) is 10.4. The number of carboxylic acids is 1. The number of aliphatic hydroxyl groups is 3. The number of hydrogen-bond acceptors (Lipinski definition) is 5. The van der Waals surface area contributed by atoms with Crippen LogP contribution in [0.4, 0.5) is 0 Å². The molecule has 1 aliphatic rings. The van der Waals surface area contributed by atoms with Crippen LogP contribution in [-0.4, -0.2) is 56.9 Å². The summed E-state index contributed by atoms with van der Waals surface area (Å²) in [5.74, 6) is -0.748. The van der Waals surface area contributed by atoms with Crippen molar-refractivity contribution in [2.24, 2.45) is 0 Å². The predicted octanol–water partition coefficient (Wildman–Crippen LogP) is 2.01. The molecule has 4 N–H and O–H groups in total. The van der Waals surface area contributed by atoms with Gasteiger partial charge >= 0.3 is 5.97 Å². The van der Waals surface area contributed by atoms with E-state index < -0.39 is 30.4 Å². The molecular weight excluding hydrogens is 312 g/mol. The Morgan fingerprint density at radius 1 is 1.17 bits per heavy atom. The molecule has 0 saturated carbocycles. The van der Waals surface area contributed by atoms with Gasteiger partial charge in [-0.1, -0.05) is 44.8 Å². The van der Waals surface area contributed by atoms with Gasteiger partial charge in [0.15, 0.2) is 0 Å². The van der Waals surface area contributed by atoms with E-state index in [1.165, 1.54) is 6.08 Å². The second-order valence-corrected chi connectivity index (χ2v) is 6.57. The predicted molar refractivity (Wildman–Crippen MR) is 90.7 cm³/mol. The lowest BCUT2D eigenvalue weighted by Gasteiger charge is -2.17. The van der Waals surface area contributed by atoms with Crippen molar-refractivity contribution in [2.75, 3.05) is 0 Å². The van der Waals surface area contributed by atoms with E-state index in [4.69, 9.17) is 9.84 Å². The molecule has 140 valence electrons. The normalized spacial score (nSPS) is 26.8. The van der Waals surface area contributed by atoms with Gasteiger partial charge in [0.1, 0.15) is 0 Å². The zero-order valence-corrected chi connectivity index (χ0v) is 14.5. The average molecular weight is 344 g/mol. The largest absolute Gasteiger partial charge is 0.481 e. The van der Waals surface area contributed by atoms with Crippen molar-refractivity contribution in [3.63, 3.8) is 0 Å². The first-order chi connectivity index (χ1) is 11.4. The number of aliphatic hydroxyl groups excluding tert-OH is 3. The van der Waals surface area contributed by atoms with Crippen LogP contribution < -0.4 is 0 Å². The Bertz CT molecular complexity index is 384. The third-order valence-corrected chi connectivity index (χ3v) is 4.46. The van der Waals surface area contributed by atoms with E-state index in [9.17, 15) is 20.1 Å². The molecule has 1 aliphatic heterocycles. The van der Waals surface area contributed by atoms with E-state index in [0.29, 0.717) is 19.3 Å². The average Bonchev–Trinajstić information content (AvgIpc) is 2.92. The maximum Gasteiger partial charge on any atom is 0.303 e. The summed E-state index contributed by atoms with van der Waals surface area (Å²) in [5.41, 5.74) is 0. The number of carboxylic acid groups (broad SMARTS) is 1. The van der Waals surface area contributed by atoms with E-state index in [1.54, 1.807) is 6.08 Å². The van der Waals surface area contributed by atoms with Gasteiger partial charge in [-0.2, -0.15) is 0 Å². The molecule has 1 heterocycles. The fourth-order valence-electron chi connectivity index (χ4n) is 2.90. The summed E-state index contributed by atoms with van der Waals surface area (Å²) in [6, 6.07) is 0. The molecule has 0 aromatic carbocycles. The van der Waals surface area contributed by atoms with Crippen molar-refractivity contribution in [3.05, 3.63) is 12.2 Å². The van der Waals surface area contributed by atoms with Crippen LogP contribution in [0.5, 0.6) is 0 Å². The molecule has 6 nitrogen and oxygen atoms in total. The summed E-state index contributed by atoms with van der Waals surface area (Å²) in [5, 5.41) is 38.1. The fourth-order valence-corrected chi connectivity index (χ4v) is 2.90. The third-order valence-electron chi connectivity index (χ3n) is 4.46. The molecule has 6 heteroatoms. The topological polar surface area (TPSA) is 107 Å². The van der Waals surface area contributed by atoms with Gasteiger partial charge in [0.25, 0.3) is 0 Å². The Morgan fingerprint density at radius 3 is 2.50 bits per heavy atom. The quantitative estimate of drug-likeness (QED) is 0.319. The molecule has 1 saturated heterocycles.